The van der Waals surface area contributed by atoms with Crippen LogP contribution in [0.15, 0.2) is 28.7 Å². The van der Waals surface area contributed by atoms with E-state index in [1.54, 1.807) is 24.3 Å². The van der Waals surface area contributed by atoms with Crippen LogP contribution in [0.1, 0.15) is 45.9 Å². The number of ether oxygens (including phenoxy) is 3. The van der Waals surface area contributed by atoms with Crippen LogP contribution >= 0.6 is 0 Å². The highest BCUT2D eigenvalue weighted by Gasteiger charge is 2.11. The zero-order chi connectivity index (χ0) is 23.3. The lowest BCUT2D eigenvalue weighted by molar-refractivity contribution is -0.123. The van der Waals surface area contributed by atoms with Crippen molar-refractivity contribution >= 4 is 11.7 Å². The molecular formula is C23H33N3O6. The maximum atomic E-state index is 11.9. The molecule has 0 unspecified atom stereocenters. The van der Waals surface area contributed by atoms with Crippen LogP contribution in [-0.4, -0.2) is 61.5 Å². The number of nitrogens with one attached hydrogen (secondary N) is 1. The zero-order valence-electron chi connectivity index (χ0n) is 19.3. The van der Waals surface area contributed by atoms with Crippen molar-refractivity contribution in [3.05, 3.63) is 30.2 Å². The van der Waals surface area contributed by atoms with Gasteiger partial charge in [0.15, 0.2) is 6.61 Å². The SMILES string of the molecule is CC(C)C(=O)CCOCCOCCNC(=O)COc1ccc(-c2nnc(C(C)C)o2)cc1. The molecule has 1 aromatic heterocycles. The van der Waals surface area contributed by atoms with Crippen molar-refractivity contribution < 1.29 is 28.2 Å². The van der Waals surface area contributed by atoms with E-state index in [2.05, 4.69) is 15.5 Å². The van der Waals surface area contributed by atoms with E-state index in [-0.39, 0.29) is 30.1 Å². The van der Waals surface area contributed by atoms with E-state index < -0.39 is 0 Å². The van der Waals surface area contributed by atoms with Gasteiger partial charge in [0.2, 0.25) is 11.8 Å². The lowest BCUT2D eigenvalue weighted by Gasteiger charge is -2.09. The molecule has 1 N–H and O–H groups in total. The lowest BCUT2D eigenvalue weighted by Crippen LogP contribution is -2.31. The number of rotatable bonds is 15. The molecule has 0 radical (unpaired) electrons. The maximum absolute atomic E-state index is 11.9. The van der Waals surface area contributed by atoms with Gasteiger partial charge in [-0.25, -0.2) is 0 Å². The molecule has 9 nitrogen and oxygen atoms in total. The van der Waals surface area contributed by atoms with E-state index in [9.17, 15) is 9.59 Å². The van der Waals surface area contributed by atoms with E-state index >= 15 is 0 Å². The Kier molecular flexibility index (Phi) is 10.8. The van der Waals surface area contributed by atoms with E-state index in [1.165, 1.54) is 0 Å². The van der Waals surface area contributed by atoms with Crippen molar-refractivity contribution in [3.8, 4) is 17.2 Å². The van der Waals surface area contributed by atoms with Crippen LogP contribution in [0.3, 0.4) is 0 Å². The number of ketones is 1. The van der Waals surface area contributed by atoms with E-state index in [0.717, 1.165) is 5.56 Å². The fourth-order valence-corrected chi connectivity index (χ4v) is 2.52. The Morgan fingerprint density at radius 3 is 2.28 bits per heavy atom. The third kappa shape index (κ3) is 9.15. The van der Waals surface area contributed by atoms with Crippen molar-refractivity contribution in [3.63, 3.8) is 0 Å². The molecular weight excluding hydrogens is 414 g/mol. The molecule has 0 aliphatic heterocycles. The monoisotopic (exact) mass is 447 g/mol. The summed E-state index contributed by atoms with van der Waals surface area (Å²) in [4.78, 5) is 23.3. The molecule has 1 heterocycles. The fraction of sp³-hybridized carbons (Fsp3) is 0.565. The smallest absolute Gasteiger partial charge is 0.258 e. The average molecular weight is 448 g/mol. The maximum Gasteiger partial charge on any atom is 0.258 e. The first-order valence-corrected chi connectivity index (χ1v) is 10.9. The van der Waals surface area contributed by atoms with Gasteiger partial charge in [0.1, 0.15) is 11.5 Å². The molecule has 0 aliphatic carbocycles. The summed E-state index contributed by atoms with van der Waals surface area (Å²) in [5, 5.41) is 10.8. The Hall–Kier alpha value is -2.78. The summed E-state index contributed by atoms with van der Waals surface area (Å²) >= 11 is 0. The summed E-state index contributed by atoms with van der Waals surface area (Å²) in [6, 6.07) is 7.11. The Morgan fingerprint density at radius 2 is 1.66 bits per heavy atom. The first-order chi connectivity index (χ1) is 15.4. The average Bonchev–Trinajstić information content (AvgIpc) is 3.27. The van der Waals surface area contributed by atoms with Crippen molar-refractivity contribution in [1.29, 1.82) is 0 Å². The molecule has 0 atom stereocenters. The fourth-order valence-electron chi connectivity index (χ4n) is 2.52. The highest BCUT2D eigenvalue weighted by atomic mass is 16.5. The Balaban J connectivity index is 1.54. The molecule has 9 heteroatoms. The van der Waals surface area contributed by atoms with Crippen molar-refractivity contribution in [1.82, 2.24) is 15.5 Å². The molecule has 0 fully saturated rings. The minimum absolute atomic E-state index is 0.0384. The third-order valence-corrected chi connectivity index (χ3v) is 4.48. The summed E-state index contributed by atoms with van der Waals surface area (Å²) in [5.41, 5.74) is 0.786. The molecule has 0 saturated carbocycles. The number of Topliss-reactive ketones (excluding diaryl/α,β-unsaturated/α-hetero) is 1. The second-order valence-electron chi connectivity index (χ2n) is 7.86. The van der Waals surface area contributed by atoms with Gasteiger partial charge in [-0.3, -0.25) is 9.59 Å². The zero-order valence-corrected chi connectivity index (χ0v) is 19.3. The van der Waals surface area contributed by atoms with Crippen LogP contribution in [0.2, 0.25) is 0 Å². The summed E-state index contributed by atoms with van der Waals surface area (Å²) in [6.07, 6.45) is 0.423. The molecule has 0 saturated heterocycles. The third-order valence-electron chi connectivity index (χ3n) is 4.48. The highest BCUT2D eigenvalue weighted by molar-refractivity contribution is 5.80. The molecule has 2 aromatic rings. The second kappa shape index (κ2) is 13.6. The Morgan fingerprint density at radius 1 is 0.969 bits per heavy atom. The number of hydrogen-bond donors (Lipinski definition) is 1. The van der Waals surface area contributed by atoms with E-state index in [1.807, 2.05) is 27.7 Å². The van der Waals surface area contributed by atoms with E-state index in [4.69, 9.17) is 18.6 Å². The Labute approximate surface area is 188 Å². The molecule has 0 aliphatic rings. The minimum atomic E-state index is -0.236. The molecule has 0 bridgehead atoms. The van der Waals surface area contributed by atoms with Gasteiger partial charge < -0.3 is 23.9 Å². The highest BCUT2D eigenvalue weighted by Crippen LogP contribution is 2.23. The van der Waals surface area contributed by atoms with Crippen LogP contribution in [0.4, 0.5) is 0 Å². The standard InChI is InChI=1S/C23H33N3O6/c1-16(2)20(27)9-11-29-13-14-30-12-10-24-21(28)15-31-19-7-5-18(6-8-19)23-26-25-22(32-23)17(3)4/h5-8,16-17H,9-15H2,1-4H3,(H,24,28). The van der Waals surface area contributed by atoms with Gasteiger partial charge in [0.05, 0.1) is 26.4 Å². The molecule has 176 valence electrons. The number of carbonyl (C=O) groups excluding carboxylic acids is 2. The van der Waals surface area contributed by atoms with Gasteiger partial charge in [-0.15, -0.1) is 10.2 Å². The van der Waals surface area contributed by atoms with Gasteiger partial charge in [0.25, 0.3) is 5.91 Å². The van der Waals surface area contributed by atoms with E-state index in [0.29, 0.717) is 56.9 Å². The second-order valence-corrected chi connectivity index (χ2v) is 7.86. The Bertz CT molecular complexity index is 833. The first kappa shape index (κ1) is 25.5. The predicted octanol–water partition coefficient (Wildman–Crippen LogP) is 3.00. The van der Waals surface area contributed by atoms with Crippen molar-refractivity contribution in [2.24, 2.45) is 5.92 Å². The first-order valence-electron chi connectivity index (χ1n) is 10.9. The quantitative estimate of drug-likeness (QED) is 0.415. The summed E-state index contributed by atoms with van der Waals surface area (Å²) in [5.74, 6) is 1.77. The van der Waals surface area contributed by atoms with Crippen molar-refractivity contribution in [2.75, 3.05) is 39.6 Å². The summed E-state index contributed by atoms with van der Waals surface area (Å²) in [6.45, 7) is 9.61. The van der Waals surface area contributed by atoms with Gasteiger partial charge in [-0.1, -0.05) is 27.7 Å². The number of nitrogens with zero attached hydrogens (tertiary/aromatic N) is 2. The molecule has 32 heavy (non-hydrogen) atoms. The number of amides is 1. The van der Waals surface area contributed by atoms with Gasteiger partial charge in [0, 0.05) is 30.4 Å². The molecule has 1 aromatic carbocycles. The number of hydrogen-bond acceptors (Lipinski definition) is 8. The van der Waals surface area contributed by atoms with Crippen LogP contribution < -0.4 is 10.1 Å². The summed E-state index contributed by atoms with van der Waals surface area (Å²) < 4.78 is 21.9. The topological polar surface area (TPSA) is 113 Å². The van der Waals surface area contributed by atoms with Crippen LogP contribution in [0.5, 0.6) is 5.75 Å². The molecule has 0 spiro atoms. The van der Waals surface area contributed by atoms with Crippen LogP contribution in [0.25, 0.3) is 11.5 Å². The van der Waals surface area contributed by atoms with Gasteiger partial charge in [-0.05, 0) is 24.3 Å². The number of benzene rings is 1. The lowest BCUT2D eigenvalue weighted by atomic mass is 10.1. The van der Waals surface area contributed by atoms with Crippen LogP contribution in [0, 0.1) is 5.92 Å². The summed E-state index contributed by atoms with van der Waals surface area (Å²) in [7, 11) is 0. The largest absolute Gasteiger partial charge is 0.484 e. The van der Waals surface area contributed by atoms with Gasteiger partial charge in [-0.2, -0.15) is 0 Å². The van der Waals surface area contributed by atoms with Gasteiger partial charge >= 0.3 is 0 Å². The predicted molar refractivity (Wildman–Crippen MR) is 118 cm³/mol. The number of carbonyl (C=O) groups is 2. The number of aromatic nitrogens is 2. The molecule has 2 rings (SSSR count). The van der Waals surface area contributed by atoms with Crippen LogP contribution in [-0.2, 0) is 19.1 Å². The normalized spacial score (nSPS) is 11.2. The van der Waals surface area contributed by atoms with Crippen molar-refractivity contribution in [2.45, 2.75) is 40.0 Å². The minimum Gasteiger partial charge on any atom is -0.484 e. The molecule has 1 amide bonds.